The Morgan fingerprint density at radius 1 is 1.16 bits per heavy atom. The molecule has 1 aliphatic rings. The lowest BCUT2D eigenvalue weighted by Crippen LogP contribution is -2.49. The molecule has 0 unspecified atom stereocenters. The van der Waals surface area contributed by atoms with E-state index in [-0.39, 0.29) is 12.0 Å². The fraction of sp³-hybridized carbons (Fsp3) is 0.458. The molecule has 0 spiro atoms. The fourth-order valence-corrected chi connectivity index (χ4v) is 3.83. The molecule has 31 heavy (non-hydrogen) atoms. The number of benzene rings is 2. The third-order valence-corrected chi connectivity index (χ3v) is 5.20. The zero-order valence-corrected chi connectivity index (χ0v) is 17.9. The van der Waals surface area contributed by atoms with Gasteiger partial charge in [0.05, 0.1) is 18.3 Å². The number of alkyl halides is 3. The minimum Gasteiger partial charge on any atom is -0.374 e. The van der Waals surface area contributed by atoms with Gasteiger partial charge < -0.3 is 9.64 Å². The van der Waals surface area contributed by atoms with Gasteiger partial charge in [0.25, 0.3) is 5.91 Å². The van der Waals surface area contributed by atoms with Gasteiger partial charge in [0, 0.05) is 38.3 Å². The summed E-state index contributed by atoms with van der Waals surface area (Å²) in [5, 5.41) is 0. The summed E-state index contributed by atoms with van der Waals surface area (Å²) in [5.74, 6) is 0.269. The normalized spacial score (nSPS) is 17.7. The number of amides is 1. The van der Waals surface area contributed by atoms with Crippen LogP contribution >= 0.6 is 0 Å². The molecule has 2 aromatic carbocycles. The van der Waals surface area contributed by atoms with E-state index in [2.05, 4.69) is 18.7 Å². The van der Waals surface area contributed by atoms with Crippen molar-refractivity contribution in [2.24, 2.45) is 5.92 Å². The Kier molecular flexibility index (Phi) is 7.73. The molecule has 168 valence electrons. The average Bonchev–Trinajstić information content (AvgIpc) is 2.73. The predicted octanol–water partition coefficient (Wildman–Crippen LogP) is 4.70. The third kappa shape index (κ3) is 6.80. The summed E-state index contributed by atoms with van der Waals surface area (Å²) < 4.78 is 44.9. The van der Waals surface area contributed by atoms with Crippen LogP contribution in [0.15, 0.2) is 54.6 Å². The molecule has 1 atom stereocenters. The number of hydrogen-bond donors (Lipinski definition) is 0. The highest BCUT2D eigenvalue weighted by molar-refractivity contribution is 5.94. The number of nitrogens with zero attached hydrogens (tertiary/aromatic N) is 2. The van der Waals surface area contributed by atoms with Gasteiger partial charge in [-0.05, 0) is 29.7 Å². The quantitative estimate of drug-likeness (QED) is 0.633. The van der Waals surface area contributed by atoms with E-state index in [0.717, 1.165) is 6.07 Å². The number of morpholine rings is 1. The fourth-order valence-electron chi connectivity index (χ4n) is 3.83. The van der Waals surface area contributed by atoms with Crippen LogP contribution in [0.25, 0.3) is 0 Å². The van der Waals surface area contributed by atoms with Crippen molar-refractivity contribution in [2.45, 2.75) is 32.7 Å². The van der Waals surface area contributed by atoms with Gasteiger partial charge >= 0.3 is 6.18 Å². The number of halogens is 3. The van der Waals surface area contributed by atoms with Gasteiger partial charge in [0.15, 0.2) is 0 Å². The van der Waals surface area contributed by atoms with Crippen molar-refractivity contribution >= 4 is 5.91 Å². The number of ether oxygens (including phenoxy) is 1. The van der Waals surface area contributed by atoms with Crippen molar-refractivity contribution in [3.63, 3.8) is 0 Å². The second-order valence-electron chi connectivity index (χ2n) is 8.40. The standard InChI is InChI=1S/C24H29F3N2O2/c1-18(2)14-29(23(30)20-8-4-3-5-9-20)17-22-16-28(11-12-31-22)15-19-7-6-10-21(13-19)24(25,26)27/h3-10,13,18,22H,11-12,14-17H2,1-2H3/t22-/m1/s1. The van der Waals surface area contributed by atoms with Gasteiger partial charge in [-0.1, -0.05) is 50.2 Å². The molecule has 0 bridgehead atoms. The Morgan fingerprint density at radius 2 is 1.90 bits per heavy atom. The molecule has 0 N–H and O–H groups in total. The van der Waals surface area contributed by atoms with E-state index in [9.17, 15) is 18.0 Å². The summed E-state index contributed by atoms with van der Waals surface area (Å²) in [6, 6.07) is 14.6. The third-order valence-electron chi connectivity index (χ3n) is 5.20. The van der Waals surface area contributed by atoms with E-state index in [1.165, 1.54) is 12.1 Å². The SMILES string of the molecule is CC(C)CN(C[C@H]1CN(Cc2cccc(C(F)(F)F)c2)CCO1)C(=O)c1ccccc1. The Labute approximate surface area is 181 Å². The monoisotopic (exact) mass is 434 g/mol. The number of carbonyl (C=O) groups is 1. The van der Waals surface area contributed by atoms with Crippen molar-refractivity contribution in [2.75, 3.05) is 32.8 Å². The lowest BCUT2D eigenvalue weighted by Gasteiger charge is -2.36. The summed E-state index contributed by atoms with van der Waals surface area (Å²) in [5.41, 5.74) is 0.626. The van der Waals surface area contributed by atoms with Gasteiger partial charge in [0.2, 0.25) is 0 Å². The van der Waals surface area contributed by atoms with E-state index in [1.54, 1.807) is 18.2 Å². The molecule has 1 fully saturated rings. The van der Waals surface area contributed by atoms with Gasteiger partial charge in [-0.3, -0.25) is 9.69 Å². The van der Waals surface area contributed by atoms with Crippen molar-refractivity contribution in [1.29, 1.82) is 0 Å². The van der Waals surface area contributed by atoms with E-state index in [4.69, 9.17) is 4.74 Å². The molecule has 3 rings (SSSR count). The van der Waals surface area contributed by atoms with Crippen molar-refractivity contribution < 1.29 is 22.7 Å². The van der Waals surface area contributed by atoms with Crippen LogP contribution in [0.1, 0.15) is 35.3 Å². The minimum atomic E-state index is -4.35. The lowest BCUT2D eigenvalue weighted by atomic mass is 10.1. The Morgan fingerprint density at radius 3 is 2.58 bits per heavy atom. The first-order valence-corrected chi connectivity index (χ1v) is 10.6. The molecule has 4 nitrogen and oxygen atoms in total. The Balaban J connectivity index is 1.65. The van der Waals surface area contributed by atoms with Gasteiger partial charge in [-0.15, -0.1) is 0 Å². The summed E-state index contributed by atoms with van der Waals surface area (Å²) in [4.78, 5) is 16.9. The molecule has 1 heterocycles. The van der Waals surface area contributed by atoms with E-state index >= 15 is 0 Å². The summed E-state index contributed by atoms with van der Waals surface area (Å²) in [7, 11) is 0. The highest BCUT2D eigenvalue weighted by Crippen LogP contribution is 2.30. The van der Waals surface area contributed by atoms with Crippen LogP contribution in [0.2, 0.25) is 0 Å². The molecule has 7 heteroatoms. The zero-order chi connectivity index (χ0) is 22.4. The van der Waals surface area contributed by atoms with E-state index < -0.39 is 11.7 Å². The van der Waals surface area contributed by atoms with Crippen molar-refractivity contribution in [3.8, 4) is 0 Å². The minimum absolute atomic E-state index is 0.0344. The maximum atomic E-state index is 13.0. The Hall–Kier alpha value is -2.38. The predicted molar refractivity (Wildman–Crippen MR) is 114 cm³/mol. The molecular formula is C24H29F3N2O2. The molecule has 0 aliphatic carbocycles. The van der Waals surface area contributed by atoms with Crippen LogP contribution in [0.5, 0.6) is 0 Å². The molecule has 1 saturated heterocycles. The maximum Gasteiger partial charge on any atom is 0.416 e. The van der Waals surface area contributed by atoms with Gasteiger partial charge in [0.1, 0.15) is 0 Å². The molecule has 0 saturated carbocycles. The molecule has 1 aliphatic heterocycles. The second-order valence-corrected chi connectivity index (χ2v) is 8.40. The first-order valence-electron chi connectivity index (χ1n) is 10.6. The van der Waals surface area contributed by atoms with Crippen LogP contribution in [0, 0.1) is 5.92 Å². The Bertz CT molecular complexity index is 855. The van der Waals surface area contributed by atoms with Crippen molar-refractivity contribution in [3.05, 3.63) is 71.3 Å². The second kappa shape index (κ2) is 10.3. The number of rotatable bonds is 7. The maximum absolute atomic E-state index is 13.0. The molecule has 0 radical (unpaired) electrons. The van der Waals surface area contributed by atoms with Crippen LogP contribution in [0.3, 0.4) is 0 Å². The van der Waals surface area contributed by atoms with Crippen LogP contribution in [-0.2, 0) is 17.5 Å². The highest BCUT2D eigenvalue weighted by atomic mass is 19.4. The van der Waals surface area contributed by atoms with Crippen LogP contribution in [-0.4, -0.2) is 54.6 Å². The number of carbonyl (C=O) groups excluding carboxylic acids is 1. The van der Waals surface area contributed by atoms with Gasteiger partial charge in [-0.2, -0.15) is 13.2 Å². The van der Waals surface area contributed by atoms with E-state index in [0.29, 0.717) is 56.4 Å². The van der Waals surface area contributed by atoms with Gasteiger partial charge in [-0.25, -0.2) is 0 Å². The summed E-state index contributed by atoms with van der Waals surface area (Å²) >= 11 is 0. The van der Waals surface area contributed by atoms with E-state index in [1.807, 2.05) is 23.1 Å². The summed E-state index contributed by atoms with van der Waals surface area (Å²) in [6.07, 6.45) is -4.54. The molecule has 1 amide bonds. The molecule has 2 aromatic rings. The highest BCUT2D eigenvalue weighted by Gasteiger charge is 2.31. The van der Waals surface area contributed by atoms with Crippen LogP contribution < -0.4 is 0 Å². The first kappa shape index (κ1) is 23.3. The van der Waals surface area contributed by atoms with Crippen molar-refractivity contribution in [1.82, 2.24) is 9.80 Å². The summed E-state index contributed by atoms with van der Waals surface area (Å²) in [6.45, 7) is 7.29. The first-order chi connectivity index (χ1) is 14.7. The largest absolute Gasteiger partial charge is 0.416 e. The topological polar surface area (TPSA) is 32.8 Å². The van der Waals surface area contributed by atoms with Crippen LogP contribution in [0.4, 0.5) is 13.2 Å². The zero-order valence-electron chi connectivity index (χ0n) is 17.9. The smallest absolute Gasteiger partial charge is 0.374 e. The molecular weight excluding hydrogens is 405 g/mol. The number of hydrogen-bond acceptors (Lipinski definition) is 3. The average molecular weight is 435 g/mol. The lowest BCUT2D eigenvalue weighted by molar-refractivity contribution is -0.137. The molecule has 0 aromatic heterocycles.